The van der Waals surface area contributed by atoms with E-state index < -0.39 is 0 Å². The largest absolute Gasteiger partial charge is 0.382 e. The Kier molecular flexibility index (Phi) is 6.96. The predicted molar refractivity (Wildman–Crippen MR) is 65.3 cm³/mol. The molecule has 0 radical (unpaired) electrons. The number of hydroxylamine groups is 1. The van der Waals surface area contributed by atoms with Crippen LogP contribution in [0.4, 0.5) is 0 Å². The molecule has 0 aromatic carbocycles. The van der Waals surface area contributed by atoms with Gasteiger partial charge in [0.2, 0.25) is 0 Å². The number of nitrogens with one attached hydrogen (secondary N) is 1. The van der Waals surface area contributed by atoms with Gasteiger partial charge in [0, 0.05) is 19.7 Å². The molecule has 4 heteroatoms. The third-order valence-electron chi connectivity index (χ3n) is 2.85. The van der Waals surface area contributed by atoms with Crippen LogP contribution in [0, 0.1) is 5.92 Å². The van der Waals surface area contributed by atoms with Gasteiger partial charge >= 0.3 is 0 Å². The first-order valence-corrected chi connectivity index (χ1v) is 6.31. The van der Waals surface area contributed by atoms with Gasteiger partial charge in [0.05, 0.1) is 13.2 Å². The van der Waals surface area contributed by atoms with Crippen LogP contribution in [0.5, 0.6) is 0 Å². The van der Waals surface area contributed by atoms with Crippen molar-refractivity contribution in [3.05, 3.63) is 0 Å². The van der Waals surface area contributed by atoms with Crippen molar-refractivity contribution < 1.29 is 9.57 Å². The van der Waals surface area contributed by atoms with Gasteiger partial charge in [-0.15, -0.1) is 0 Å². The third-order valence-corrected chi connectivity index (χ3v) is 2.85. The molecule has 4 nitrogen and oxygen atoms in total. The summed E-state index contributed by atoms with van der Waals surface area (Å²) in [6, 6.07) is 0.514. The van der Waals surface area contributed by atoms with E-state index >= 15 is 0 Å². The van der Waals surface area contributed by atoms with Crippen molar-refractivity contribution in [3.8, 4) is 0 Å². The van der Waals surface area contributed by atoms with Crippen molar-refractivity contribution in [1.82, 2.24) is 10.4 Å². The van der Waals surface area contributed by atoms with Gasteiger partial charge < -0.3 is 9.64 Å². The van der Waals surface area contributed by atoms with E-state index in [9.17, 15) is 0 Å². The molecule has 1 N–H and O–H groups in total. The highest BCUT2D eigenvalue weighted by atomic mass is 16.7. The van der Waals surface area contributed by atoms with Gasteiger partial charge in [-0.25, -0.2) is 0 Å². The van der Waals surface area contributed by atoms with Gasteiger partial charge in [0.25, 0.3) is 0 Å². The molecule has 1 aliphatic heterocycles. The molecule has 16 heavy (non-hydrogen) atoms. The van der Waals surface area contributed by atoms with Crippen molar-refractivity contribution in [2.24, 2.45) is 5.92 Å². The van der Waals surface area contributed by atoms with Crippen LogP contribution in [-0.4, -0.2) is 50.9 Å². The molecule has 96 valence electrons. The number of likely N-dealkylation sites (tertiary alicyclic amines) is 1. The quantitative estimate of drug-likeness (QED) is 0.527. The molecule has 1 heterocycles. The summed E-state index contributed by atoms with van der Waals surface area (Å²) < 4.78 is 4.92. The van der Waals surface area contributed by atoms with Crippen LogP contribution >= 0.6 is 0 Å². The first-order valence-electron chi connectivity index (χ1n) is 6.31. The second-order valence-electron chi connectivity index (χ2n) is 4.93. The fourth-order valence-corrected chi connectivity index (χ4v) is 2.05. The first-order chi connectivity index (χ1) is 7.72. The van der Waals surface area contributed by atoms with Crippen molar-refractivity contribution in [3.63, 3.8) is 0 Å². The molecule has 0 amide bonds. The van der Waals surface area contributed by atoms with E-state index in [1.165, 1.54) is 32.5 Å². The average Bonchev–Trinajstić information content (AvgIpc) is 2.26. The summed E-state index contributed by atoms with van der Waals surface area (Å²) in [7, 11) is 1.69. The molecule has 0 bridgehead atoms. The van der Waals surface area contributed by atoms with Gasteiger partial charge in [-0.05, 0) is 31.8 Å². The fourth-order valence-electron chi connectivity index (χ4n) is 2.05. The van der Waals surface area contributed by atoms with Gasteiger partial charge in [-0.1, -0.05) is 13.8 Å². The summed E-state index contributed by atoms with van der Waals surface area (Å²) in [6.07, 6.45) is 2.36. The van der Waals surface area contributed by atoms with Crippen LogP contribution in [0.25, 0.3) is 0 Å². The van der Waals surface area contributed by atoms with E-state index in [4.69, 9.17) is 9.57 Å². The van der Waals surface area contributed by atoms with Crippen molar-refractivity contribution in [1.29, 1.82) is 0 Å². The highest BCUT2D eigenvalue weighted by Gasteiger charge is 2.19. The lowest BCUT2D eigenvalue weighted by Crippen LogP contribution is -2.43. The van der Waals surface area contributed by atoms with Crippen LogP contribution in [0.15, 0.2) is 0 Å². The minimum Gasteiger partial charge on any atom is -0.382 e. The Bertz CT molecular complexity index is 168. The molecule has 1 saturated heterocycles. The monoisotopic (exact) mass is 230 g/mol. The van der Waals surface area contributed by atoms with Crippen LogP contribution < -0.4 is 5.48 Å². The summed E-state index contributed by atoms with van der Waals surface area (Å²) in [5.74, 6) is 0.766. The van der Waals surface area contributed by atoms with Gasteiger partial charge in [0.1, 0.15) is 0 Å². The van der Waals surface area contributed by atoms with Gasteiger partial charge in [-0.3, -0.25) is 4.84 Å². The molecule has 0 aliphatic carbocycles. The number of piperidine rings is 1. The standard InChI is InChI=1S/C12H26N2O2/c1-11(2)10-14-6-4-12(5-7-14)13-16-9-8-15-3/h11-13H,4-10H2,1-3H3. The minimum atomic E-state index is 0.514. The van der Waals surface area contributed by atoms with Crippen LogP contribution in [0.3, 0.4) is 0 Å². The second-order valence-corrected chi connectivity index (χ2v) is 4.93. The minimum absolute atomic E-state index is 0.514. The van der Waals surface area contributed by atoms with E-state index in [1.54, 1.807) is 7.11 Å². The maximum atomic E-state index is 5.34. The van der Waals surface area contributed by atoms with Crippen LogP contribution in [0.1, 0.15) is 26.7 Å². The average molecular weight is 230 g/mol. The summed E-state index contributed by atoms with van der Waals surface area (Å²) in [5, 5.41) is 0. The lowest BCUT2D eigenvalue weighted by molar-refractivity contribution is -0.0239. The summed E-state index contributed by atoms with van der Waals surface area (Å²) in [4.78, 5) is 7.88. The van der Waals surface area contributed by atoms with Crippen molar-refractivity contribution in [2.45, 2.75) is 32.7 Å². The normalized spacial score (nSPS) is 19.5. The molecule has 1 aliphatic rings. The lowest BCUT2D eigenvalue weighted by atomic mass is 10.0. The maximum absolute atomic E-state index is 5.34. The Labute approximate surface area is 99.2 Å². The molecule has 0 aromatic heterocycles. The third kappa shape index (κ3) is 5.80. The molecule has 1 rings (SSSR count). The van der Waals surface area contributed by atoms with E-state index in [0.717, 1.165) is 5.92 Å². The molecule has 0 atom stereocenters. The van der Waals surface area contributed by atoms with Crippen molar-refractivity contribution >= 4 is 0 Å². The zero-order chi connectivity index (χ0) is 11.8. The summed E-state index contributed by atoms with van der Waals surface area (Å²) >= 11 is 0. The Morgan fingerprint density at radius 1 is 1.25 bits per heavy atom. The Balaban J connectivity index is 2.03. The number of hydrogen-bond donors (Lipinski definition) is 1. The topological polar surface area (TPSA) is 33.7 Å². The van der Waals surface area contributed by atoms with Crippen LogP contribution in [-0.2, 0) is 9.57 Å². The predicted octanol–water partition coefficient (Wildman–Crippen LogP) is 1.27. The lowest BCUT2D eigenvalue weighted by Gasteiger charge is -2.33. The summed E-state index contributed by atoms with van der Waals surface area (Å²) in [6.45, 7) is 9.42. The van der Waals surface area contributed by atoms with E-state index in [-0.39, 0.29) is 0 Å². The maximum Gasteiger partial charge on any atom is 0.0915 e. The Hall–Kier alpha value is -0.160. The molecule has 0 spiro atoms. The van der Waals surface area contributed by atoms with E-state index in [1.807, 2.05) is 0 Å². The highest BCUT2D eigenvalue weighted by molar-refractivity contribution is 4.75. The zero-order valence-corrected chi connectivity index (χ0v) is 10.9. The second kappa shape index (κ2) is 8.01. The molecule has 0 unspecified atom stereocenters. The smallest absolute Gasteiger partial charge is 0.0915 e. The molecular formula is C12H26N2O2. The van der Waals surface area contributed by atoms with E-state index in [2.05, 4.69) is 24.2 Å². The number of nitrogens with zero attached hydrogens (tertiary/aromatic N) is 1. The molecular weight excluding hydrogens is 204 g/mol. The zero-order valence-electron chi connectivity index (χ0n) is 10.9. The van der Waals surface area contributed by atoms with Crippen LogP contribution in [0.2, 0.25) is 0 Å². The molecule has 0 aromatic rings. The first kappa shape index (κ1) is 13.9. The number of rotatable bonds is 7. The number of methoxy groups -OCH3 is 1. The molecule has 0 saturated carbocycles. The molecule has 1 fully saturated rings. The van der Waals surface area contributed by atoms with Gasteiger partial charge in [-0.2, -0.15) is 5.48 Å². The van der Waals surface area contributed by atoms with E-state index in [0.29, 0.717) is 19.3 Å². The Morgan fingerprint density at radius 2 is 1.94 bits per heavy atom. The number of hydrogen-bond acceptors (Lipinski definition) is 4. The fraction of sp³-hybridized carbons (Fsp3) is 1.00. The Morgan fingerprint density at radius 3 is 2.50 bits per heavy atom. The van der Waals surface area contributed by atoms with Crippen molar-refractivity contribution in [2.75, 3.05) is 40.0 Å². The highest BCUT2D eigenvalue weighted by Crippen LogP contribution is 2.11. The number of ether oxygens (including phenoxy) is 1. The van der Waals surface area contributed by atoms with Gasteiger partial charge in [0.15, 0.2) is 0 Å². The summed E-state index contributed by atoms with van der Waals surface area (Å²) in [5.41, 5.74) is 3.12. The SMILES string of the molecule is COCCONC1CCN(CC(C)C)CC1.